The summed E-state index contributed by atoms with van der Waals surface area (Å²) in [6.45, 7) is 6.68. The molecule has 1 aliphatic rings. The normalized spacial score (nSPS) is 21.9. The summed E-state index contributed by atoms with van der Waals surface area (Å²) >= 11 is 0. The highest BCUT2D eigenvalue weighted by atomic mass is 15.3. The molecule has 3 heterocycles. The van der Waals surface area contributed by atoms with Crippen LogP contribution >= 0.6 is 0 Å². The van der Waals surface area contributed by atoms with Crippen LogP contribution in [-0.2, 0) is 20.0 Å². The summed E-state index contributed by atoms with van der Waals surface area (Å²) in [5.74, 6) is 0. The van der Waals surface area contributed by atoms with Gasteiger partial charge >= 0.3 is 0 Å². The third-order valence-corrected chi connectivity index (χ3v) is 5.27. The van der Waals surface area contributed by atoms with Gasteiger partial charge in [-0.1, -0.05) is 6.07 Å². The van der Waals surface area contributed by atoms with E-state index in [1.165, 1.54) is 17.5 Å². The van der Waals surface area contributed by atoms with Gasteiger partial charge in [-0.05, 0) is 50.9 Å². The molecule has 24 heavy (non-hydrogen) atoms. The molecule has 0 amide bonds. The third kappa shape index (κ3) is 3.84. The van der Waals surface area contributed by atoms with E-state index in [4.69, 9.17) is 0 Å². The topological polar surface area (TPSA) is 37.2 Å². The first-order valence-electron chi connectivity index (χ1n) is 8.87. The number of nitrogens with zero attached hydrogens (tertiary/aromatic N) is 5. The minimum absolute atomic E-state index is 0.516. The fourth-order valence-corrected chi connectivity index (χ4v) is 3.76. The molecule has 0 N–H and O–H groups in total. The Bertz CT molecular complexity index is 636. The Morgan fingerprint density at radius 1 is 1.29 bits per heavy atom. The van der Waals surface area contributed by atoms with Crippen molar-refractivity contribution in [2.24, 2.45) is 7.05 Å². The van der Waals surface area contributed by atoms with Gasteiger partial charge in [-0.2, -0.15) is 5.10 Å². The number of pyridine rings is 1. The van der Waals surface area contributed by atoms with Gasteiger partial charge in [0.2, 0.25) is 0 Å². The van der Waals surface area contributed by atoms with Crippen LogP contribution in [-0.4, -0.2) is 56.3 Å². The summed E-state index contributed by atoms with van der Waals surface area (Å²) in [5.41, 5.74) is 2.62. The summed E-state index contributed by atoms with van der Waals surface area (Å²) < 4.78 is 1.90. The molecule has 0 aliphatic carbocycles. The van der Waals surface area contributed by atoms with E-state index in [1.807, 2.05) is 36.4 Å². The Labute approximate surface area is 145 Å². The van der Waals surface area contributed by atoms with Crippen LogP contribution in [0.2, 0.25) is 0 Å². The molecule has 0 bridgehead atoms. The first-order valence-corrected chi connectivity index (χ1v) is 8.87. The third-order valence-electron chi connectivity index (χ3n) is 5.27. The Kier molecular flexibility index (Phi) is 5.31. The molecule has 0 aromatic carbocycles. The van der Waals surface area contributed by atoms with Crippen molar-refractivity contribution >= 4 is 0 Å². The highest BCUT2D eigenvalue weighted by Gasteiger charge is 2.37. The molecule has 2 aromatic heterocycles. The summed E-state index contributed by atoms with van der Waals surface area (Å²) in [5, 5.41) is 4.35. The van der Waals surface area contributed by atoms with Crippen molar-refractivity contribution in [1.29, 1.82) is 0 Å². The fourth-order valence-electron chi connectivity index (χ4n) is 3.76. The van der Waals surface area contributed by atoms with Crippen LogP contribution < -0.4 is 0 Å². The Hall–Kier alpha value is -1.72. The van der Waals surface area contributed by atoms with E-state index in [0.717, 1.165) is 19.5 Å². The van der Waals surface area contributed by atoms with Crippen LogP contribution in [0.1, 0.15) is 31.4 Å². The summed E-state index contributed by atoms with van der Waals surface area (Å²) in [7, 11) is 4.25. The minimum atomic E-state index is 0.516. The molecule has 5 nitrogen and oxygen atoms in total. The summed E-state index contributed by atoms with van der Waals surface area (Å²) in [6, 6.07) is 5.86. The predicted molar refractivity (Wildman–Crippen MR) is 96.7 cm³/mol. The summed E-state index contributed by atoms with van der Waals surface area (Å²) in [6.07, 6.45) is 10.3. The lowest BCUT2D eigenvalue weighted by atomic mass is 10.00. The molecule has 0 spiro atoms. The van der Waals surface area contributed by atoms with Gasteiger partial charge in [0.25, 0.3) is 0 Å². The molecule has 1 aliphatic heterocycles. The molecule has 2 atom stereocenters. The Morgan fingerprint density at radius 3 is 2.75 bits per heavy atom. The molecule has 0 radical (unpaired) electrons. The van der Waals surface area contributed by atoms with Crippen molar-refractivity contribution in [1.82, 2.24) is 24.6 Å². The lowest BCUT2D eigenvalue weighted by molar-refractivity contribution is 0.135. The van der Waals surface area contributed by atoms with Crippen LogP contribution in [0, 0.1) is 0 Å². The number of aromatic nitrogens is 3. The van der Waals surface area contributed by atoms with Gasteiger partial charge in [0.05, 0.1) is 6.20 Å². The number of likely N-dealkylation sites (tertiary alicyclic amines) is 1. The fraction of sp³-hybridized carbons (Fsp3) is 0.579. The smallest absolute Gasteiger partial charge is 0.0522 e. The van der Waals surface area contributed by atoms with E-state index in [9.17, 15) is 0 Å². The van der Waals surface area contributed by atoms with E-state index in [2.05, 4.69) is 53.0 Å². The minimum Gasteiger partial charge on any atom is -0.299 e. The monoisotopic (exact) mass is 327 g/mol. The first-order chi connectivity index (χ1) is 11.5. The number of aryl methyl sites for hydroxylation is 1. The van der Waals surface area contributed by atoms with Crippen molar-refractivity contribution in [3.63, 3.8) is 0 Å². The zero-order valence-electron chi connectivity index (χ0n) is 15.3. The van der Waals surface area contributed by atoms with E-state index in [0.29, 0.717) is 18.1 Å². The highest BCUT2D eigenvalue weighted by Crippen LogP contribution is 2.28. The quantitative estimate of drug-likeness (QED) is 0.816. The highest BCUT2D eigenvalue weighted by molar-refractivity contribution is 5.13. The van der Waals surface area contributed by atoms with Crippen LogP contribution in [0.3, 0.4) is 0 Å². The van der Waals surface area contributed by atoms with Gasteiger partial charge in [-0.15, -0.1) is 0 Å². The second kappa shape index (κ2) is 7.45. The maximum atomic E-state index is 4.35. The lowest BCUT2D eigenvalue weighted by Gasteiger charge is -2.35. The average Bonchev–Trinajstić information content (AvgIpc) is 3.15. The SMILES string of the molecule is CC(C)N(C)[C@@H]1CCN(Cc2cccnc2)[C@H]1Cc1cnn(C)c1. The zero-order chi connectivity index (χ0) is 17.1. The van der Waals surface area contributed by atoms with Crippen molar-refractivity contribution in [2.45, 2.75) is 51.4 Å². The van der Waals surface area contributed by atoms with Gasteiger partial charge in [0, 0.05) is 56.9 Å². The molecule has 1 saturated heterocycles. The van der Waals surface area contributed by atoms with Gasteiger partial charge in [-0.3, -0.25) is 19.5 Å². The van der Waals surface area contributed by atoms with Crippen LogP contribution in [0.15, 0.2) is 36.9 Å². The van der Waals surface area contributed by atoms with E-state index < -0.39 is 0 Å². The maximum absolute atomic E-state index is 4.35. The number of hydrogen-bond donors (Lipinski definition) is 0. The Balaban J connectivity index is 1.78. The first kappa shape index (κ1) is 17.1. The Morgan fingerprint density at radius 2 is 2.12 bits per heavy atom. The molecule has 5 heteroatoms. The maximum Gasteiger partial charge on any atom is 0.0522 e. The van der Waals surface area contributed by atoms with Crippen molar-refractivity contribution in [3.05, 3.63) is 48.0 Å². The molecule has 1 fully saturated rings. The second-order valence-electron chi connectivity index (χ2n) is 7.24. The van der Waals surface area contributed by atoms with E-state index in [-0.39, 0.29) is 0 Å². The van der Waals surface area contributed by atoms with Crippen molar-refractivity contribution in [3.8, 4) is 0 Å². The predicted octanol–water partition coefficient (Wildman–Crippen LogP) is 2.34. The van der Waals surface area contributed by atoms with Crippen LogP contribution in [0.25, 0.3) is 0 Å². The van der Waals surface area contributed by atoms with Gasteiger partial charge in [0.15, 0.2) is 0 Å². The molecule has 130 valence electrons. The average molecular weight is 327 g/mol. The summed E-state index contributed by atoms with van der Waals surface area (Å²) in [4.78, 5) is 9.42. The van der Waals surface area contributed by atoms with Crippen LogP contribution in [0.4, 0.5) is 0 Å². The number of hydrogen-bond acceptors (Lipinski definition) is 4. The molecule has 0 saturated carbocycles. The standard InChI is InChI=1S/C19H29N5/c1-15(2)23(4)18-7-9-24(14-16-6-5-8-20-11-16)19(18)10-17-12-21-22(3)13-17/h5-6,8,11-13,15,18-19H,7,9-10,14H2,1-4H3/t18-,19+/m1/s1. The molecule has 2 aromatic rings. The molecule has 3 rings (SSSR count). The zero-order valence-corrected chi connectivity index (χ0v) is 15.3. The number of rotatable bonds is 6. The lowest BCUT2D eigenvalue weighted by Crippen LogP contribution is -2.47. The molecule has 0 unspecified atom stereocenters. The van der Waals surface area contributed by atoms with Gasteiger partial charge < -0.3 is 0 Å². The molecular formula is C19H29N5. The second-order valence-corrected chi connectivity index (χ2v) is 7.24. The van der Waals surface area contributed by atoms with Crippen molar-refractivity contribution in [2.75, 3.05) is 13.6 Å². The number of likely N-dealkylation sites (N-methyl/N-ethyl adjacent to an activating group) is 1. The van der Waals surface area contributed by atoms with E-state index >= 15 is 0 Å². The molecular weight excluding hydrogens is 298 g/mol. The van der Waals surface area contributed by atoms with Gasteiger partial charge in [0.1, 0.15) is 0 Å². The van der Waals surface area contributed by atoms with Gasteiger partial charge in [-0.25, -0.2) is 0 Å². The van der Waals surface area contributed by atoms with Crippen LogP contribution in [0.5, 0.6) is 0 Å². The largest absolute Gasteiger partial charge is 0.299 e. The van der Waals surface area contributed by atoms with E-state index in [1.54, 1.807) is 0 Å². The van der Waals surface area contributed by atoms with Crippen molar-refractivity contribution < 1.29 is 0 Å².